The lowest BCUT2D eigenvalue weighted by Crippen LogP contribution is -2.04. The Hall–Kier alpha value is -3.80. The largest absolute Gasteiger partial charge is 0.379 e. The van der Waals surface area contributed by atoms with Gasteiger partial charge in [-0.15, -0.1) is 4.98 Å². The van der Waals surface area contributed by atoms with E-state index in [9.17, 15) is 4.39 Å². The van der Waals surface area contributed by atoms with Crippen LogP contribution in [0.15, 0.2) is 41.2 Å². The third-order valence-electron chi connectivity index (χ3n) is 3.72. The van der Waals surface area contributed by atoms with Gasteiger partial charge in [-0.2, -0.15) is 0 Å². The molecule has 0 saturated carbocycles. The summed E-state index contributed by atoms with van der Waals surface area (Å²) in [5.41, 5.74) is 7.60. The molecule has 0 unspecified atom stereocenters. The Morgan fingerprint density at radius 3 is 2.80 bits per heavy atom. The SMILES string of the molecule is [C-]#[N+]c1ccc(Cn2c(-c3nonc3N)nc3c(F)cccc32)cn1. The summed E-state index contributed by atoms with van der Waals surface area (Å²) in [6.45, 7) is 7.30. The number of fused-ring (bicyclic) bond motifs is 1. The van der Waals surface area contributed by atoms with Gasteiger partial charge in [0.25, 0.3) is 5.82 Å². The Labute approximate surface area is 140 Å². The molecule has 0 amide bonds. The van der Waals surface area contributed by atoms with Crippen molar-refractivity contribution in [3.8, 4) is 11.5 Å². The molecule has 0 fully saturated rings. The van der Waals surface area contributed by atoms with Gasteiger partial charge in [-0.25, -0.2) is 14.0 Å². The summed E-state index contributed by atoms with van der Waals surface area (Å²) in [6.07, 6.45) is 1.59. The predicted molar refractivity (Wildman–Crippen MR) is 87.0 cm³/mol. The number of nitrogen functional groups attached to an aromatic ring is 1. The highest BCUT2D eigenvalue weighted by Crippen LogP contribution is 2.28. The second-order valence-corrected chi connectivity index (χ2v) is 5.26. The average molecular weight is 335 g/mol. The van der Waals surface area contributed by atoms with Gasteiger partial charge in [0.1, 0.15) is 11.7 Å². The molecule has 25 heavy (non-hydrogen) atoms. The van der Waals surface area contributed by atoms with Gasteiger partial charge in [-0.1, -0.05) is 18.7 Å². The van der Waals surface area contributed by atoms with Crippen molar-refractivity contribution in [2.45, 2.75) is 6.54 Å². The molecule has 0 aliphatic carbocycles. The number of benzene rings is 1. The molecule has 3 aromatic heterocycles. The first-order valence-electron chi connectivity index (χ1n) is 7.23. The van der Waals surface area contributed by atoms with Gasteiger partial charge in [-0.05, 0) is 28.5 Å². The van der Waals surface area contributed by atoms with Gasteiger partial charge in [0.15, 0.2) is 23.2 Å². The zero-order valence-electron chi connectivity index (χ0n) is 12.7. The third kappa shape index (κ3) is 2.46. The highest BCUT2D eigenvalue weighted by molar-refractivity contribution is 5.82. The molecule has 9 heteroatoms. The van der Waals surface area contributed by atoms with Crippen LogP contribution >= 0.6 is 0 Å². The monoisotopic (exact) mass is 335 g/mol. The molecular weight excluding hydrogens is 325 g/mol. The fourth-order valence-corrected chi connectivity index (χ4v) is 2.56. The van der Waals surface area contributed by atoms with Crippen LogP contribution in [0.5, 0.6) is 0 Å². The molecule has 1 aromatic carbocycles. The van der Waals surface area contributed by atoms with Crippen LogP contribution in [-0.4, -0.2) is 24.8 Å². The van der Waals surface area contributed by atoms with Crippen molar-refractivity contribution in [3.63, 3.8) is 0 Å². The smallest absolute Gasteiger partial charge is 0.269 e. The summed E-state index contributed by atoms with van der Waals surface area (Å²) in [5.74, 6) is 0.260. The minimum absolute atomic E-state index is 0.0680. The quantitative estimate of drug-likeness (QED) is 0.578. The van der Waals surface area contributed by atoms with Crippen LogP contribution < -0.4 is 5.73 Å². The van der Waals surface area contributed by atoms with Crippen LogP contribution in [0.2, 0.25) is 0 Å². The number of hydrogen-bond acceptors (Lipinski definition) is 6. The molecule has 0 atom stereocenters. The van der Waals surface area contributed by atoms with E-state index in [0.29, 0.717) is 23.7 Å². The molecule has 0 aliphatic rings. The minimum atomic E-state index is -0.450. The summed E-state index contributed by atoms with van der Waals surface area (Å²) < 4.78 is 20.5. The lowest BCUT2D eigenvalue weighted by Gasteiger charge is -2.07. The van der Waals surface area contributed by atoms with Crippen LogP contribution in [0.25, 0.3) is 27.4 Å². The number of halogens is 1. The average Bonchev–Trinajstić information content (AvgIpc) is 3.20. The van der Waals surface area contributed by atoms with E-state index in [1.165, 1.54) is 6.07 Å². The van der Waals surface area contributed by atoms with Crippen molar-refractivity contribution in [1.82, 2.24) is 24.8 Å². The molecule has 122 valence electrons. The molecule has 4 rings (SSSR count). The van der Waals surface area contributed by atoms with E-state index in [-0.39, 0.29) is 17.0 Å². The Bertz CT molecular complexity index is 1110. The highest BCUT2D eigenvalue weighted by atomic mass is 19.1. The lowest BCUT2D eigenvalue weighted by molar-refractivity contribution is 0.310. The van der Waals surface area contributed by atoms with E-state index in [0.717, 1.165) is 5.56 Å². The second-order valence-electron chi connectivity index (χ2n) is 5.26. The van der Waals surface area contributed by atoms with E-state index in [2.05, 4.69) is 29.8 Å². The molecule has 0 aliphatic heterocycles. The summed E-state index contributed by atoms with van der Waals surface area (Å²) >= 11 is 0. The van der Waals surface area contributed by atoms with E-state index in [4.69, 9.17) is 12.3 Å². The minimum Gasteiger partial charge on any atom is -0.379 e. The summed E-state index contributed by atoms with van der Waals surface area (Å²) in [7, 11) is 0. The van der Waals surface area contributed by atoms with E-state index >= 15 is 0 Å². The molecular formula is C16H10FN7O. The molecule has 0 bridgehead atoms. The summed E-state index contributed by atoms with van der Waals surface area (Å²) in [4.78, 5) is 11.6. The van der Waals surface area contributed by atoms with Crippen molar-refractivity contribution < 1.29 is 9.02 Å². The topological polar surface area (TPSA) is 100 Å². The Balaban J connectivity index is 1.90. The van der Waals surface area contributed by atoms with Crippen molar-refractivity contribution in [2.75, 3.05) is 5.73 Å². The lowest BCUT2D eigenvalue weighted by atomic mass is 10.2. The van der Waals surface area contributed by atoms with Crippen molar-refractivity contribution in [1.29, 1.82) is 0 Å². The van der Waals surface area contributed by atoms with E-state index < -0.39 is 5.82 Å². The number of rotatable bonds is 3. The first kappa shape index (κ1) is 14.8. The van der Waals surface area contributed by atoms with Crippen LogP contribution in [0.1, 0.15) is 5.56 Å². The van der Waals surface area contributed by atoms with Crippen molar-refractivity contribution in [2.24, 2.45) is 0 Å². The fraction of sp³-hybridized carbons (Fsp3) is 0.0625. The first-order valence-corrected chi connectivity index (χ1v) is 7.23. The molecule has 0 saturated heterocycles. The number of pyridine rings is 1. The number of imidazole rings is 1. The van der Waals surface area contributed by atoms with Crippen molar-refractivity contribution >= 4 is 22.7 Å². The van der Waals surface area contributed by atoms with Crippen molar-refractivity contribution in [3.05, 3.63) is 59.3 Å². The van der Waals surface area contributed by atoms with Crippen LogP contribution in [0.3, 0.4) is 0 Å². The molecule has 4 aromatic rings. The van der Waals surface area contributed by atoms with Gasteiger partial charge in [-0.3, -0.25) is 0 Å². The summed E-state index contributed by atoms with van der Waals surface area (Å²) in [5, 5.41) is 7.32. The summed E-state index contributed by atoms with van der Waals surface area (Å²) in [6, 6.07) is 8.08. The molecule has 0 spiro atoms. The van der Waals surface area contributed by atoms with E-state index in [1.54, 1.807) is 35.0 Å². The maximum Gasteiger partial charge on any atom is 0.269 e. The van der Waals surface area contributed by atoms with Gasteiger partial charge >= 0.3 is 0 Å². The molecule has 2 N–H and O–H groups in total. The number of para-hydroxylation sites is 1. The zero-order valence-corrected chi connectivity index (χ0v) is 12.7. The maximum atomic E-state index is 14.1. The Morgan fingerprint density at radius 1 is 1.24 bits per heavy atom. The normalized spacial score (nSPS) is 10.9. The van der Waals surface area contributed by atoms with Gasteiger partial charge in [0.05, 0.1) is 12.1 Å². The molecule has 0 radical (unpaired) electrons. The number of nitrogens with zero attached hydrogens (tertiary/aromatic N) is 6. The number of aromatic nitrogens is 5. The predicted octanol–water partition coefficient (Wildman–Crippen LogP) is 2.80. The number of hydrogen-bond donors (Lipinski definition) is 1. The second kappa shape index (κ2) is 5.68. The number of anilines is 1. The van der Waals surface area contributed by atoms with Gasteiger partial charge in [0.2, 0.25) is 0 Å². The van der Waals surface area contributed by atoms with Crippen LogP contribution in [0, 0.1) is 12.4 Å². The highest BCUT2D eigenvalue weighted by Gasteiger charge is 2.21. The fourth-order valence-electron chi connectivity index (χ4n) is 2.56. The standard InChI is InChI=1S/C16H10FN7O/c1-19-12-6-5-9(7-20-12)8-24-11-4-2-3-10(17)13(11)21-16(24)14-15(18)23-25-22-14/h2-7H,8H2,(H2,18,23). The Morgan fingerprint density at radius 2 is 2.12 bits per heavy atom. The third-order valence-corrected chi connectivity index (χ3v) is 3.72. The van der Waals surface area contributed by atoms with Crippen LogP contribution in [-0.2, 0) is 6.54 Å². The van der Waals surface area contributed by atoms with Gasteiger partial charge in [0, 0.05) is 5.56 Å². The number of nitrogens with two attached hydrogens (primary N) is 1. The first-order chi connectivity index (χ1) is 12.2. The zero-order chi connectivity index (χ0) is 17.4. The Kier molecular flexibility index (Phi) is 3.36. The molecule has 3 heterocycles. The van der Waals surface area contributed by atoms with E-state index in [1.807, 2.05) is 0 Å². The maximum absolute atomic E-state index is 14.1. The molecule has 8 nitrogen and oxygen atoms in total. The van der Waals surface area contributed by atoms with Crippen LogP contribution in [0.4, 0.5) is 16.0 Å². The van der Waals surface area contributed by atoms with Gasteiger partial charge < -0.3 is 15.1 Å².